The Balaban J connectivity index is 1.26. The molecule has 0 aromatic heterocycles. The maximum atomic E-state index is 13.7. The predicted octanol–water partition coefficient (Wildman–Crippen LogP) is 3.90. The van der Waals surface area contributed by atoms with E-state index < -0.39 is 10.0 Å². The van der Waals surface area contributed by atoms with Crippen LogP contribution in [0.25, 0.3) is 0 Å². The van der Waals surface area contributed by atoms with Crippen LogP contribution >= 0.6 is 0 Å². The van der Waals surface area contributed by atoms with E-state index >= 15 is 0 Å². The highest BCUT2D eigenvalue weighted by atomic mass is 32.2. The van der Waals surface area contributed by atoms with Crippen molar-refractivity contribution in [1.29, 1.82) is 0 Å². The molecule has 0 bridgehead atoms. The molecule has 2 fully saturated rings. The maximum Gasteiger partial charge on any atom is 0.246 e. The van der Waals surface area contributed by atoms with E-state index in [-0.39, 0.29) is 25.2 Å². The Labute approximate surface area is 233 Å². The molecule has 2 atom stereocenters. The van der Waals surface area contributed by atoms with Gasteiger partial charge in [0.1, 0.15) is 12.4 Å². The third kappa shape index (κ3) is 7.81. The van der Waals surface area contributed by atoms with Gasteiger partial charge in [0.05, 0.1) is 18.6 Å². The van der Waals surface area contributed by atoms with Crippen molar-refractivity contribution in [3.05, 3.63) is 59.2 Å². The molecule has 4 rings (SSSR count). The number of carbonyl (C=O) groups excluding carboxylic acids is 1. The number of hydrogen-bond donors (Lipinski definition) is 1. The Kier molecular flexibility index (Phi) is 10.4. The second-order valence-electron chi connectivity index (χ2n) is 10.9. The van der Waals surface area contributed by atoms with Crippen molar-refractivity contribution >= 4 is 15.9 Å². The number of aryl methyl sites for hydroxylation is 2. The molecule has 1 amide bonds. The Bertz CT molecular complexity index is 1180. The van der Waals surface area contributed by atoms with E-state index in [4.69, 9.17) is 9.47 Å². The van der Waals surface area contributed by atoms with Crippen molar-refractivity contribution in [3.8, 4) is 5.75 Å². The van der Waals surface area contributed by atoms with Crippen LogP contribution in [-0.2, 0) is 26.1 Å². The molecule has 1 N–H and O–H groups in total. The molecule has 2 aromatic carbocycles. The molecule has 0 spiro atoms. The molecule has 8 nitrogen and oxygen atoms in total. The topological polar surface area (TPSA) is 88.2 Å². The summed E-state index contributed by atoms with van der Waals surface area (Å²) in [6.45, 7) is 7.81. The second kappa shape index (κ2) is 13.7. The van der Waals surface area contributed by atoms with E-state index in [1.165, 1.54) is 5.56 Å². The largest absolute Gasteiger partial charge is 0.497 e. The van der Waals surface area contributed by atoms with Gasteiger partial charge in [-0.05, 0) is 80.8 Å². The number of hydrogen-bond acceptors (Lipinski definition) is 6. The van der Waals surface area contributed by atoms with Gasteiger partial charge >= 0.3 is 0 Å². The van der Waals surface area contributed by atoms with Crippen molar-refractivity contribution < 1.29 is 22.7 Å². The van der Waals surface area contributed by atoms with Crippen LogP contribution in [0.15, 0.2) is 47.4 Å². The number of methoxy groups -OCH3 is 1. The van der Waals surface area contributed by atoms with Gasteiger partial charge in [-0.1, -0.05) is 36.8 Å². The highest BCUT2D eigenvalue weighted by Crippen LogP contribution is 2.32. The van der Waals surface area contributed by atoms with Crippen molar-refractivity contribution in [2.24, 2.45) is 5.92 Å². The molecular weight excluding hydrogens is 514 g/mol. The number of nitrogens with one attached hydrogen (secondary N) is 1. The predicted molar refractivity (Wildman–Crippen MR) is 152 cm³/mol. The highest BCUT2D eigenvalue weighted by molar-refractivity contribution is 7.89. The van der Waals surface area contributed by atoms with E-state index in [9.17, 15) is 13.2 Å². The summed E-state index contributed by atoms with van der Waals surface area (Å²) in [7, 11) is -2.13. The van der Waals surface area contributed by atoms with Crippen LogP contribution < -0.4 is 10.1 Å². The van der Waals surface area contributed by atoms with Gasteiger partial charge in [0.25, 0.3) is 0 Å². The molecule has 2 aromatic rings. The lowest BCUT2D eigenvalue weighted by molar-refractivity contribution is -0.126. The van der Waals surface area contributed by atoms with E-state index in [0.717, 1.165) is 45.3 Å². The van der Waals surface area contributed by atoms with Crippen molar-refractivity contribution in [1.82, 2.24) is 14.5 Å². The zero-order chi connectivity index (χ0) is 27.8. The molecule has 9 heteroatoms. The Morgan fingerprint density at radius 3 is 2.49 bits per heavy atom. The third-order valence-electron chi connectivity index (χ3n) is 7.79. The first-order valence-corrected chi connectivity index (χ1v) is 15.5. The number of amides is 1. The number of rotatable bonds is 11. The minimum Gasteiger partial charge on any atom is -0.497 e. The minimum absolute atomic E-state index is 0.0641. The number of benzene rings is 2. The average molecular weight is 558 g/mol. The molecular formula is C30H43N3O5S. The van der Waals surface area contributed by atoms with E-state index in [1.807, 2.05) is 6.07 Å². The van der Waals surface area contributed by atoms with Crippen LogP contribution in [0, 0.1) is 19.8 Å². The molecule has 0 aliphatic carbocycles. The average Bonchev–Trinajstić information content (AvgIpc) is 2.92. The zero-order valence-electron chi connectivity index (χ0n) is 23.5. The number of sulfonamides is 1. The summed E-state index contributed by atoms with van der Waals surface area (Å²) in [6, 6.07) is 13.7. The maximum absolute atomic E-state index is 13.7. The number of likely N-dealkylation sites (tertiary alicyclic amines) is 1. The molecule has 0 radical (unpaired) electrons. The van der Waals surface area contributed by atoms with Gasteiger partial charge < -0.3 is 14.8 Å². The monoisotopic (exact) mass is 557 g/mol. The van der Waals surface area contributed by atoms with Gasteiger partial charge in [-0.3, -0.25) is 9.69 Å². The first-order chi connectivity index (χ1) is 18.8. The van der Waals surface area contributed by atoms with Crippen molar-refractivity contribution in [2.45, 2.75) is 63.4 Å². The summed E-state index contributed by atoms with van der Waals surface area (Å²) in [4.78, 5) is 15.3. The van der Waals surface area contributed by atoms with Crippen LogP contribution in [0.5, 0.6) is 5.75 Å². The first-order valence-electron chi connectivity index (χ1n) is 14.1. The summed E-state index contributed by atoms with van der Waals surface area (Å²) in [5.41, 5.74) is 2.65. The number of carbonyl (C=O) groups is 1. The number of piperidine rings is 2. The lowest BCUT2D eigenvalue weighted by atomic mass is 9.97. The van der Waals surface area contributed by atoms with Gasteiger partial charge in [0.2, 0.25) is 15.9 Å². The van der Waals surface area contributed by atoms with E-state index in [2.05, 4.69) is 34.5 Å². The van der Waals surface area contributed by atoms with Crippen molar-refractivity contribution in [2.75, 3.05) is 46.5 Å². The summed E-state index contributed by atoms with van der Waals surface area (Å²) in [5.74, 6) is 0.911. The third-order valence-corrected chi connectivity index (χ3v) is 10.1. The molecule has 39 heavy (non-hydrogen) atoms. The summed E-state index contributed by atoms with van der Waals surface area (Å²) in [6.07, 6.45) is 4.70. The van der Waals surface area contributed by atoms with Gasteiger partial charge in [0, 0.05) is 32.2 Å². The smallest absolute Gasteiger partial charge is 0.246 e. The molecule has 2 unspecified atom stereocenters. The normalized spacial score (nSPS) is 21.0. The summed E-state index contributed by atoms with van der Waals surface area (Å²) < 4.78 is 40.1. The van der Waals surface area contributed by atoms with Gasteiger partial charge in [-0.2, -0.15) is 4.31 Å². The standard InChI is InChI=1S/C30H43N3O5S/c1-23-16-28(37-3)17-24(2)30(23)39(35,36)33-15-8-7-13-27(33)21-38-22-29(34)31-18-26-12-9-14-32(20-26)19-25-10-5-4-6-11-25/h4-6,10-11,16-17,26-27H,7-9,12-15,18-22H2,1-3H3,(H,31,34). The van der Waals surface area contributed by atoms with Gasteiger partial charge in [-0.25, -0.2) is 8.42 Å². The first kappa shape index (κ1) is 29.5. The van der Waals surface area contributed by atoms with Crippen LogP contribution in [0.1, 0.15) is 48.8 Å². The van der Waals surface area contributed by atoms with Gasteiger partial charge in [0.15, 0.2) is 0 Å². The SMILES string of the molecule is COc1cc(C)c(S(=O)(=O)N2CCCCC2COCC(=O)NCC2CCCN(Cc3ccccc3)C2)c(C)c1. The van der Waals surface area contributed by atoms with Crippen LogP contribution in [0.2, 0.25) is 0 Å². The number of ether oxygens (including phenoxy) is 2. The fraction of sp³-hybridized carbons (Fsp3) is 0.567. The van der Waals surface area contributed by atoms with Crippen LogP contribution in [0.4, 0.5) is 0 Å². The molecule has 2 saturated heterocycles. The van der Waals surface area contributed by atoms with E-state index in [1.54, 1.807) is 37.4 Å². The van der Waals surface area contributed by atoms with Crippen LogP contribution in [-0.4, -0.2) is 76.1 Å². The lowest BCUT2D eigenvalue weighted by Crippen LogP contribution is -2.47. The highest BCUT2D eigenvalue weighted by Gasteiger charge is 2.35. The summed E-state index contributed by atoms with van der Waals surface area (Å²) in [5, 5.41) is 3.03. The fourth-order valence-electron chi connectivity index (χ4n) is 5.91. The molecule has 214 valence electrons. The Morgan fingerprint density at radius 2 is 1.77 bits per heavy atom. The fourth-order valence-corrected chi connectivity index (χ4v) is 8.00. The Morgan fingerprint density at radius 1 is 1.03 bits per heavy atom. The zero-order valence-corrected chi connectivity index (χ0v) is 24.3. The lowest BCUT2D eigenvalue weighted by Gasteiger charge is -2.35. The minimum atomic E-state index is -3.71. The summed E-state index contributed by atoms with van der Waals surface area (Å²) >= 11 is 0. The molecule has 2 aliphatic rings. The number of nitrogens with zero attached hydrogens (tertiary/aromatic N) is 2. The van der Waals surface area contributed by atoms with Crippen LogP contribution in [0.3, 0.4) is 0 Å². The van der Waals surface area contributed by atoms with Gasteiger partial charge in [-0.15, -0.1) is 0 Å². The Hall–Kier alpha value is -2.46. The molecule has 2 heterocycles. The quantitative estimate of drug-likeness (QED) is 0.451. The molecule has 2 aliphatic heterocycles. The van der Waals surface area contributed by atoms with E-state index in [0.29, 0.717) is 47.2 Å². The van der Waals surface area contributed by atoms with Crippen molar-refractivity contribution in [3.63, 3.8) is 0 Å². The second-order valence-corrected chi connectivity index (χ2v) is 12.7. The molecule has 0 saturated carbocycles.